The first-order valence-electron chi connectivity index (χ1n) is 13.0. The van der Waals surface area contributed by atoms with E-state index in [2.05, 4.69) is 85.2 Å². The van der Waals surface area contributed by atoms with Gasteiger partial charge in [-0.15, -0.1) is 0 Å². The largest absolute Gasteiger partial charge is 0.361 e. The fourth-order valence-corrected chi connectivity index (χ4v) is 5.71. The van der Waals surface area contributed by atoms with Gasteiger partial charge in [0, 0.05) is 53.7 Å². The van der Waals surface area contributed by atoms with Crippen LogP contribution in [0.4, 0.5) is 0 Å². The van der Waals surface area contributed by atoms with Crippen LogP contribution in [0.5, 0.6) is 0 Å². The highest BCUT2D eigenvalue weighted by atomic mass is 16.5. The van der Waals surface area contributed by atoms with E-state index in [1.54, 1.807) is 11.6 Å². The fourth-order valence-electron chi connectivity index (χ4n) is 5.71. The van der Waals surface area contributed by atoms with Crippen molar-refractivity contribution >= 4 is 22.9 Å². The number of nitrogens with one attached hydrogen (secondary N) is 3. The minimum atomic E-state index is -0.524. The van der Waals surface area contributed by atoms with Crippen molar-refractivity contribution in [1.29, 1.82) is 0 Å². The van der Waals surface area contributed by atoms with Crippen LogP contribution in [-0.4, -0.2) is 32.5 Å². The van der Waals surface area contributed by atoms with Crippen molar-refractivity contribution in [3.63, 3.8) is 0 Å². The number of amides is 1. The van der Waals surface area contributed by atoms with Crippen LogP contribution in [0.15, 0.2) is 48.7 Å². The normalized spacial score (nSPS) is 15.2. The molecule has 6 heteroatoms. The lowest BCUT2D eigenvalue weighted by molar-refractivity contribution is -0.124. The van der Waals surface area contributed by atoms with Crippen molar-refractivity contribution < 1.29 is 10.0 Å². The number of fused-ring (bicyclic) bond motifs is 2. The first-order chi connectivity index (χ1) is 17.8. The second-order valence-electron chi connectivity index (χ2n) is 10.4. The summed E-state index contributed by atoms with van der Waals surface area (Å²) in [4.78, 5) is 21.1. The number of nitrogens with zero attached hydrogens (tertiary/aromatic N) is 1. The van der Waals surface area contributed by atoms with Gasteiger partial charge in [-0.25, -0.2) is 5.48 Å². The van der Waals surface area contributed by atoms with Crippen LogP contribution >= 0.6 is 0 Å². The molecule has 1 aliphatic carbocycles. The van der Waals surface area contributed by atoms with Crippen LogP contribution in [-0.2, 0) is 24.2 Å². The third-order valence-corrected chi connectivity index (χ3v) is 8.06. The van der Waals surface area contributed by atoms with Crippen LogP contribution in [0.3, 0.4) is 0 Å². The molecule has 4 N–H and O–H groups in total. The molecule has 6 nitrogen and oxygen atoms in total. The number of aromatic amines is 2. The summed E-state index contributed by atoms with van der Waals surface area (Å²) in [5.74, 6) is -0.524. The minimum absolute atomic E-state index is 0.338. The monoisotopic (exact) mass is 496 g/mol. The molecule has 0 fully saturated rings. The maximum atomic E-state index is 11.4. The molecule has 1 amide bonds. The van der Waals surface area contributed by atoms with Gasteiger partial charge < -0.3 is 9.97 Å². The summed E-state index contributed by atoms with van der Waals surface area (Å²) < 4.78 is 0. The Morgan fingerprint density at radius 1 is 1.14 bits per heavy atom. The number of carbonyl (C=O) groups is 1. The molecule has 1 atom stereocenters. The Morgan fingerprint density at radius 3 is 2.73 bits per heavy atom. The van der Waals surface area contributed by atoms with E-state index in [9.17, 15) is 4.79 Å². The summed E-state index contributed by atoms with van der Waals surface area (Å²) in [6, 6.07) is 13.4. The molecule has 37 heavy (non-hydrogen) atoms. The first-order valence-corrected chi connectivity index (χ1v) is 13.0. The Bertz CT molecular complexity index is 1480. The van der Waals surface area contributed by atoms with Crippen LogP contribution < -0.4 is 5.48 Å². The van der Waals surface area contributed by atoms with E-state index in [0.29, 0.717) is 6.04 Å². The first kappa shape index (κ1) is 25.1. The number of hydrogen-bond donors (Lipinski definition) is 4. The number of hydroxylamine groups is 1. The van der Waals surface area contributed by atoms with Gasteiger partial charge in [0.2, 0.25) is 0 Å². The number of H-pyrrole nitrogens is 2. The number of rotatable bonds is 8. The second kappa shape index (κ2) is 10.4. The maximum absolute atomic E-state index is 11.4. The quantitative estimate of drug-likeness (QED) is 0.138. The number of hydrogen-bond acceptors (Lipinski definition) is 3. The second-order valence-corrected chi connectivity index (χ2v) is 10.4. The van der Waals surface area contributed by atoms with Crippen molar-refractivity contribution in [3.05, 3.63) is 99.0 Å². The molecule has 5 rings (SSSR count). The number of benzene rings is 2. The van der Waals surface area contributed by atoms with Gasteiger partial charge in [-0.3, -0.25) is 14.9 Å². The van der Waals surface area contributed by atoms with Crippen molar-refractivity contribution in [3.8, 4) is 0 Å². The number of carbonyl (C=O) groups excluding carboxylic acids is 1. The molecule has 2 aromatic carbocycles. The number of aromatic nitrogens is 2. The topological polar surface area (TPSA) is 84.2 Å². The zero-order valence-corrected chi connectivity index (χ0v) is 22.1. The Labute approximate surface area is 218 Å². The van der Waals surface area contributed by atoms with Crippen molar-refractivity contribution in [2.24, 2.45) is 0 Å². The summed E-state index contributed by atoms with van der Waals surface area (Å²) in [5, 5.41) is 10.1. The van der Waals surface area contributed by atoms with Crippen molar-refractivity contribution in [2.45, 2.75) is 59.5 Å². The van der Waals surface area contributed by atoms with E-state index in [1.807, 2.05) is 0 Å². The summed E-state index contributed by atoms with van der Waals surface area (Å²) in [5.41, 5.74) is 14.4. The van der Waals surface area contributed by atoms with Gasteiger partial charge in [0.15, 0.2) is 0 Å². The van der Waals surface area contributed by atoms with Gasteiger partial charge in [-0.05, 0) is 98.0 Å². The highest BCUT2D eigenvalue weighted by Crippen LogP contribution is 2.38. The summed E-state index contributed by atoms with van der Waals surface area (Å²) in [7, 11) is 0. The highest BCUT2D eigenvalue weighted by molar-refractivity contribution is 5.90. The molecule has 0 radical (unpaired) electrons. The molecule has 1 aliphatic rings. The predicted octanol–water partition coefficient (Wildman–Crippen LogP) is 5.98. The molecular weight excluding hydrogens is 460 g/mol. The molecule has 4 aromatic rings. The Kier molecular flexibility index (Phi) is 7.04. The van der Waals surface area contributed by atoms with E-state index in [4.69, 9.17) is 5.21 Å². The molecule has 192 valence electrons. The lowest BCUT2D eigenvalue weighted by Crippen LogP contribution is -2.30. The van der Waals surface area contributed by atoms with Gasteiger partial charge in [0.25, 0.3) is 5.91 Å². The lowest BCUT2D eigenvalue weighted by Gasteiger charge is -2.30. The van der Waals surface area contributed by atoms with Crippen LogP contribution in [0.25, 0.3) is 17.0 Å². The number of aryl methyl sites for hydroxylation is 3. The maximum Gasteiger partial charge on any atom is 0.267 e. The fraction of sp³-hybridized carbons (Fsp3) is 0.323. The van der Waals surface area contributed by atoms with Gasteiger partial charge in [-0.1, -0.05) is 30.3 Å². The van der Waals surface area contributed by atoms with Crippen LogP contribution in [0.2, 0.25) is 0 Å². The van der Waals surface area contributed by atoms with Crippen molar-refractivity contribution in [1.82, 2.24) is 20.3 Å². The van der Waals surface area contributed by atoms with Crippen molar-refractivity contribution in [2.75, 3.05) is 6.54 Å². The van der Waals surface area contributed by atoms with Gasteiger partial charge in [0.05, 0.1) is 0 Å². The molecule has 0 spiro atoms. The molecule has 2 aromatic heterocycles. The standard InChI is InChI=1S/C31H36N4O2/c1-19-5-9-26-25(17-32-28(26)15-19)13-14-35(18-29-21(3)20(2)22(4)33-29)30-11-8-24-16-23(6-10-27(24)30)7-12-31(36)34-37/h5-7,9-10,12,15-17,30,32-33,37H,8,11,13-14,18H2,1-4H3,(H,34,36)/b12-7+. The lowest BCUT2D eigenvalue weighted by atomic mass is 10.0. The Hall–Kier alpha value is -3.61. The van der Waals surface area contributed by atoms with E-state index in [-0.39, 0.29) is 0 Å². The van der Waals surface area contributed by atoms with E-state index in [1.165, 1.54) is 61.7 Å². The SMILES string of the molecule is Cc1ccc2c(CCN(Cc3[nH]c(C)c(C)c3C)C3CCc4cc(/C=C/C(=O)NO)ccc43)c[nH]c2c1. The smallest absolute Gasteiger partial charge is 0.267 e. The molecule has 1 unspecified atom stereocenters. The molecule has 0 aliphatic heterocycles. The third kappa shape index (κ3) is 5.13. The Balaban J connectivity index is 1.42. The van der Waals surface area contributed by atoms with E-state index >= 15 is 0 Å². The van der Waals surface area contributed by atoms with Gasteiger partial charge >= 0.3 is 0 Å². The molecule has 0 bridgehead atoms. The molecular formula is C31H36N4O2. The van der Waals surface area contributed by atoms with Gasteiger partial charge in [-0.2, -0.15) is 0 Å². The summed E-state index contributed by atoms with van der Waals surface area (Å²) >= 11 is 0. The zero-order valence-electron chi connectivity index (χ0n) is 22.1. The summed E-state index contributed by atoms with van der Waals surface area (Å²) in [6.45, 7) is 10.5. The zero-order chi connectivity index (χ0) is 26.1. The highest BCUT2D eigenvalue weighted by Gasteiger charge is 2.29. The Morgan fingerprint density at radius 2 is 1.97 bits per heavy atom. The third-order valence-electron chi connectivity index (χ3n) is 8.06. The summed E-state index contributed by atoms with van der Waals surface area (Å²) in [6.07, 6.45) is 8.32. The van der Waals surface area contributed by atoms with Crippen LogP contribution in [0, 0.1) is 27.7 Å². The molecule has 0 saturated carbocycles. The minimum Gasteiger partial charge on any atom is -0.361 e. The van der Waals surface area contributed by atoms with E-state index < -0.39 is 5.91 Å². The molecule has 2 heterocycles. The predicted molar refractivity (Wildman–Crippen MR) is 149 cm³/mol. The van der Waals surface area contributed by atoms with Crippen LogP contribution in [0.1, 0.15) is 62.8 Å². The average Bonchev–Trinajstić information content (AvgIpc) is 3.57. The molecule has 0 saturated heterocycles. The van der Waals surface area contributed by atoms with E-state index in [0.717, 1.165) is 37.9 Å². The average molecular weight is 497 g/mol. The van der Waals surface area contributed by atoms with Gasteiger partial charge in [0.1, 0.15) is 0 Å².